The smallest absolute Gasteiger partial charge is 0.365 e. The summed E-state index contributed by atoms with van der Waals surface area (Å²) in [5, 5.41) is 5.12. The molecule has 0 radical (unpaired) electrons. The third-order valence-electron chi connectivity index (χ3n) is 8.28. The maximum atomic E-state index is 14.0. The van der Waals surface area contributed by atoms with Crippen LogP contribution in [0, 0.1) is 0 Å². The van der Waals surface area contributed by atoms with Gasteiger partial charge in [-0.25, -0.2) is 9.48 Å². The van der Waals surface area contributed by atoms with Crippen molar-refractivity contribution < 1.29 is 28.6 Å². The Kier molecular flexibility index (Phi) is 8.88. The molecule has 0 saturated heterocycles. The molecule has 0 atom stereocenters. The minimum atomic E-state index is -0.607. The highest BCUT2D eigenvalue weighted by Gasteiger charge is 2.35. The lowest BCUT2D eigenvalue weighted by molar-refractivity contribution is -0.132. The van der Waals surface area contributed by atoms with Crippen LogP contribution in [-0.4, -0.2) is 64.7 Å². The van der Waals surface area contributed by atoms with E-state index in [-0.39, 0.29) is 17.5 Å². The summed E-state index contributed by atoms with van der Waals surface area (Å²) < 4.78 is 18.0. The van der Waals surface area contributed by atoms with E-state index in [1.54, 1.807) is 43.4 Å². The van der Waals surface area contributed by atoms with Crippen LogP contribution in [0.4, 0.5) is 0 Å². The third kappa shape index (κ3) is 6.30. The zero-order chi connectivity index (χ0) is 31.5. The molecule has 0 N–H and O–H groups in total. The molecule has 4 aromatic rings. The Hall–Kier alpha value is -4.64. The fourth-order valence-electron chi connectivity index (χ4n) is 5.78. The number of rotatable bonds is 10. The van der Waals surface area contributed by atoms with Gasteiger partial charge in [-0.2, -0.15) is 5.10 Å². The van der Waals surface area contributed by atoms with Gasteiger partial charge in [0.25, 0.3) is 5.91 Å². The number of amides is 2. The first-order valence-corrected chi connectivity index (χ1v) is 16.0. The number of thiophene rings is 1. The summed E-state index contributed by atoms with van der Waals surface area (Å²) in [6.45, 7) is 4.10. The van der Waals surface area contributed by atoms with E-state index < -0.39 is 5.97 Å². The lowest BCUT2D eigenvalue weighted by Crippen LogP contribution is -2.38. The maximum Gasteiger partial charge on any atom is 0.365 e. The van der Waals surface area contributed by atoms with Crippen LogP contribution in [0.5, 0.6) is 16.6 Å². The Bertz CT molecular complexity index is 1710. The van der Waals surface area contributed by atoms with E-state index in [1.165, 1.54) is 16.0 Å². The molecule has 234 valence electrons. The second kappa shape index (κ2) is 13.2. The second-order valence-corrected chi connectivity index (χ2v) is 12.3. The van der Waals surface area contributed by atoms with Crippen LogP contribution in [0.25, 0.3) is 5.69 Å². The Morgan fingerprint density at radius 2 is 1.67 bits per heavy atom. The second-order valence-electron chi connectivity index (χ2n) is 11.2. The minimum Gasteiger partial charge on any atom is -0.497 e. The number of hydrogen-bond donors (Lipinski definition) is 0. The van der Waals surface area contributed by atoms with Crippen LogP contribution in [0.15, 0.2) is 54.6 Å². The Balaban J connectivity index is 1.26. The van der Waals surface area contributed by atoms with Crippen molar-refractivity contribution in [3.05, 3.63) is 87.6 Å². The molecule has 0 spiro atoms. The third-order valence-corrected chi connectivity index (χ3v) is 9.40. The molecule has 2 aromatic carbocycles. The van der Waals surface area contributed by atoms with Gasteiger partial charge in [-0.3, -0.25) is 9.59 Å². The molecule has 0 bridgehead atoms. The number of aromatic nitrogens is 2. The van der Waals surface area contributed by atoms with Crippen molar-refractivity contribution in [3.8, 4) is 22.2 Å². The van der Waals surface area contributed by atoms with E-state index in [4.69, 9.17) is 14.2 Å². The highest BCUT2D eigenvalue weighted by Crippen LogP contribution is 2.35. The van der Waals surface area contributed by atoms with Crippen LogP contribution in [0.1, 0.15) is 68.7 Å². The monoisotopic (exact) mass is 628 g/mol. The first-order chi connectivity index (χ1) is 21.9. The van der Waals surface area contributed by atoms with Crippen LogP contribution in [-0.2, 0) is 30.7 Å². The summed E-state index contributed by atoms with van der Waals surface area (Å²) >= 11 is 1.43. The molecule has 11 heteroatoms. The summed E-state index contributed by atoms with van der Waals surface area (Å²) in [6, 6.07) is 16.6. The zero-order valence-electron chi connectivity index (χ0n) is 25.7. The number of unbranched alkanes of at least 4 members (excludes halogenated alkanes) is 1. The molecule has 2 amide bonds. The quantitative estimate of drug-likeness (QED) is 0.216. The number of fused-ring (bicyclic) bond motifs is 2. The average molecular weight is 629 g/mol. The van der Waals surface area contributed by atoms with Crippen molar-refractivity contribution in [2.75, 3.05) is 27.3 Å². The summed E-state index contributed by atoms with van der Waals surface area (Å²) in [5.74, 6) is 0.752. The molecule has 6 rings (SSSR count). The van der Waals surface area contributed by atoms with E-state index in [1.807, 2.05) is 35.2 Å². The topological polar surface area (TPSA) is 103 Å². The van der Waals surface area contributed by atoms with Crippen LogP contribution < -0.4 is 14.2 Å². The zero-order valence-corrected chi connectivity index (χ0v) is 26.5. The van der Waals surface area contributed by atoms with Crippen LogP contribution in [0.3, 0.4) is 0 Å². The first-order valence-electron chi connectivity index (χ1n) is 15.2. The van der Waals surface area contributed by atoms with Gasteiger partial charge in [0.1, 0.15) is 17.2 Å². The normalized spacial score (nSPS) is 14.2. The Labute approximate surface area is 266 Å². The number of ether oxygens (including phenoxy) is 3. The largest absolute Gasteiger partial charge is 0.497 e. The fraction of sp³-hybridized carbons (Fsp3) is 0.353. The molecule has 0 saturated carbocycles. The Morgan fingerprint density at radius 1 is 0.956 bits per heavy atom. The number of esters is 1. The van der Waals surface area contributed by atoms with Crippen LogP contribution >= 0.6 is 11.3 Å². The fourth-order valence-corrected chi connectivity index (χ4v) is 6.79. The number of carbonyl (C=O) groups is 3. The molecule has 10 nitrogen and oxygen atoms in total. The number of nitrogens with zero attached hydrogens (tertiary/aromatic N) is 4. The molecule has 2 aromatic heterocycles. The van der Waals surface area contributed by atoms with Crippen molar-refractivity contribution in [1.82, 2.24) is 19.6 Å². The van der Waals surface area contributed by atoms with Gasteiger partial charge >= 0.3 is 5.97 Å². The van der Waals surface area contributed by atoms with Crippen molar-refractivity contribution in [1.29, 1.82) is 0 Å². The van der Waals surface area contributed by atoms with Crippen molar-refractivity contribution in [2.24, 2.45) is 0 Å². The lowest BCUT2D eigenvalue weighted by Gasteiger charge is -2.27. The van der Waals surface area contributed by atoms with Crippen LogP contribution in [0.2, 0.25) is 0 Å². The summed E-state index contributed by atoms with van der Waals surface area (Å²) in [7, 11) is 3.20. The molecular formula is C34H36N4O6S. The molecule has 4 heterocycles. The number of benzene rings is 2. The van der Waals surface area contributed by atoms with E-state index in [9.17, 15) is 14.4 Å². The standard InChI is InChI=1S/C34H36N4O6S/c1-4-5-6-29(39)36-18-16-28-23(21-36)19-30(45-28)44-34(41)31-27-15-17-37(20-22-7-11-25(42-2)12-8-22)33(40)32(27)38(35-31)24-9-13-26(43-3)14-10-24/h7-14,19H,4-6,15-18,20-21H2,1-3H3. The summed E-state index contributed by atoms with van der Waals surface area (Å²) in [6.07, 6.45) is 3.59. The number of methoxy groups -OCH3 is 2. The highest BCUT2D eigenvalue weighted by molar-refractivity contribution is 7.14. The summed E-state index contributed by atoms with van der Waals surface area (Å²) in [4.78, 5) is 45.0. The predicted molar refractivity (Wildman–Crippen MR) is 169 cm³/mol. The molecule has 2 aliphatic heterocycles. The summed E-state index contributed by atoms with van der Waals surface area (Å²) in [5.41, 5.74) is 3.65. The van der Waals surface area contributed by atoms with E-state index in [0.717, 1.165) is 41.0 Å². The van der Waals surface area contributed by atoms with Gasteiger partial charge in [-0.1, -0.05) is 25.5 Å². The number of hydrogen-bond acceptors (Lipinski definition) is 8. The minimum absolute atomic E-state index is 0.126. The SMILES string of the molecule is CCCCC(=O)N1CCc2sc(OC(=O)c3nn(-c4ccc(OC)cc4)c4c3CCN(Cc3ccc(OC)cc3)C4=O)cc2C1. The van der Waals surface area contributed by atoms with Gasteiger partial charge in [0, 0.05) is 43.0 Å². The highest BCUT2D eigenvalue weighted by atomic mass is 32.1. The number of carbonyl (C=O) groups excluding carboxylic acids is 3. The van der Waals surface area contributed by atoms with Gasteiger partial charge in [0.05, 0.1) is 19.9 Å². The predicted octanol–water partition coefficient (Wildman–Crippen LogP) is 5.44. The van der Waals surface area contributed by atoms with E-state index >= 15 is 0 Å². The maximum absolute atomic E-state index is 14.0. The molecule has 0 fully saturated rings. The average Bonchev–Trinajstić information content (AvgIpc) is 3.66. The van der Waals surface area contributed by atoms with Gasteiger partial charge < -0.3 is 24.0 Å². The van der Waals surface area contributed by atoms with Gasteiger partial charge in [-0.15, -0.1) is 11.3 Å². The van der Waals surface area contributed by atoms with E-state index in [0.29, 0.717) is 66.8 Å². The van der Waals surface area contributed by atoms with Gasteiger partial charge in [0.15, 0.2) is 10.8 Å². The lowest BCUT2D eigenvalue weighted by atomic mass is 10.0. The van der Waals surface area contributed by atoms with Gasteiger partial charge in [0.2, 0.25) is 5.91 Å². The van der Waals surface area contributed by atoms with Crippen molar-refractivity contribution in [2.45, 2.75) is 52.1 Å². The van der Waals surface area contributed by atoms with Crippen molar-refractivity contribution in [3.63, 3.8) is 0 Å². The molecule has 45 heavy (non-hydrogen) atoms. The van der Waals surface area contributed by atoms with Gasteiger partial charge in [-0.05, 0) is 72.9 Å². The molecule has 2 aliphatic rings. The molecular weight excluding hydrogens is 592 g/mol. The van der Waals surface area contributed by atoms with Crippen molar-refractivity contribution >= 4 is 29.1 Å². The molecule has 0 unspecified atom stereocenters. The van der Waals surface area contributed by atoms with E-state index in [2.05, 4.69) is 12.0 Å². The molecule has 0 aliphatic carbocycles. The Morgan fingerprint density at radius 3 is 2.36 bits per heavy atom. The first kappa shape index (κ1) is 30.4.